The van der Waals surface area contributed by atoms with Crippen molar-refractivity contribution in [3.05, 3.63) is 0 Å². The molecule has 0 aromatic rings. The number of hydrogen-bond acceptors (Lipinski definition) is 3. The minimum Gasteiger partial charge on any atom is -1.00 e. The molecule has 0 aromatic heterocycles. The molecule has 1 aliphatic heterocycles. The lowest BCUT2D eigenvalue weighted by Gasteiger charge is -2.31. The van der Waals surface area contributed by atoms with E-state index in [4.69, 9.17) is 9.84 Å². The van der Waals surface area contributed by atoms with Crippen LogP contribution in [0, 0.1) is 0 Å². The number of ether oxygens (including phenoxy) is 1. The van der Waals surface area contributed by atoms with Gasteiger partial charge in [0.15, 0.2) is 0 Å². The van der Waals surface area contributed by atoms with E-state index in [-0.39, 0.29) is 31.4 Å². The molecule has 7 heteroatoms. The third kappa shape index (κ3) is 38.7. The molecule has 0 aromatic carbocycles. The molecule has 5 nitrogen and oxygen atoms in total. The van der Waals surface area contributed by atoms with Crippen LogP contribution < -0.4 is 24.8 Å². The summed E-state index contributed by atoms with van der Waals surface area (Å²) < 4.78 is 7.27. The molecule has 0 radical (unpaired) electrons. The normalized spacial score (nSPS) is 15.1. The van der Waals surface area contributed by atoms with Crippen molar-refractivity contribution in [2.75, 3.05) is 67.6 Å². The minimum atomic E-state index is -0.577. The minimum absolute atomic E-state index is 0. The number of nitrogens with zero attached hydrogens (tertiary/aromatic N) is 2. The van der Waals surface area contributed by atoms with Gasteiger partial charge in [-0.15, -0.1) is 0 Å². The van der Waals surface area contributed by atoms with Gasteiger partial charge in [0, 0.05) is 0 Å². The second-order valence-electron chi connectivity index (χ2n) is 15.3. The smallest absolute Gasteiger partial charge is 0.130 e. The molecule has 2 unspecified atom stereocenters. The molecule has 0 aliphatic carbocycles. The number of aliphatic hydroxyl groups is 2. The Balaban J connectivity index is -0.000000767. The van der Waals surface area contributed by atoms with Gasteiger partial charge in [0.25, 0.3) is 0 Å². The molecule has 1 fully saturated rings. The first kappa shape index (κ1) is 49.8. The molecule has 2 N–H and O–H groups in total. The van der Waals surface area contributed by atoms with Gasteiger partial charge < -0.3 is 48.7 Å². The van der Waals surface area contributed by atoms with Gasteiger partial charge in [0.05, 0.1) is 54.5 Å². The van der Waals surface area contributed by atoms with Crippen molar-refractivity contribution < 1.29 is 48.7 Å². The number of quaternary nitrogens is 2. The number of epoxide rings is 1. The fourth-order valence-corrected chi connectivity index (χ4v) is 6.30. The van der Waals surface area contributed by atoms with Gasteiger partial charge in [0.2, 0.25) is 0 Å². The highest BCUT2D eigenvalue weighted by molar-refractivity contribution is 4.67. The first-order chi connectivity index (χ1) is 20.7. The lowest BCUT2D eigenvalue weighted by atomic mass is 10.0. The topological polar surface area (TPSA) is 53.0 Å². The Morgan fingerprint density at radius 1 is 0.533 bits per heavy atom. The van der Waals surface area contributed by atoms with E-state index in [1.807, 2.05) is 0 Å². The zero-order valence-electron chi connectivity index (χ0n) is 31.3. The summed E-state index contributed by atoms with van der Waals surface area (Å²) in [5, 5.41) is 18.5. The van der Waals surface area contributed by atoms with Crippen LogP contribution in [-0.2, 0) is 4.74 Å². The molecule has 1 aliphatic rings. The van der Waals surface area contributed by atoms with Crippen LogP contribution >= 0.6 is 0 Å². The quantitative estimate of drug-likeness (QED) is 0.0670. The molecule has 276 valence electrons. The molecule has 0 bridgehead atoms. The second-order valence-corrected chi connectivity index (χ2v) is 15.3. The molecule has 45 heavy (non-hydrogen) atoms. The molecule has 1 saturated heterocycles. The number of hydrogen-bond donors (Lipinski definition) is 2. The van der Waals surface area contributed by atoms with Gasteiger partial charge in [-0.05, 0) is 25.7 Å². The third-order valence-corrected chi connectivity index (χ3v) is 9.25. The summed E-state index contributed by atoms with van der Waals surface area (Å²) in [6, 6.07) is 0. The van der Waals surface area contributed by atoms with Crippen LogP contribution in [-0.4, -0.2) is 99.0 Å². The molecule has 2 atom stereocenters. The Labute approximate surface area is 295 Å². The van der Waals surface area contributed by atoms with Gasteiger partial charge >= 0.3 is 0 Å². The Hall–Kier alpha value is 0.380. The number of rotatable bonds is 31. The first-order valence-electron chi connectivity index (χ1n) is 19.2. The zero-order chi connectivity index (χ0) is 32.1. The van der Waals surface area contributed by atoms with E-state index in [1.54, 1.807) is 0 Å². The van der Waals surface area contributed by atoms with E-state index in [9.17, 15) is 5.11 Å². The Kier molecular flexibility index (Phi) is 37.9. The highest BCUT2D eigenvalue weighted by atomic mass is 35.5. The summed E-state index contributed by atoms with van der Waals surface area (Å²) in [6.45, 7) is 9.70. The SMILES string of the molecule is CCCCCCCCCCCCCCCC[N+](C)(C)CC(O)CO.CCCCCCCCCCCC[N+](C)(C)CC1CO1.[Cl-].[Cl-]. The number of halogens is 2. The highest BCUT2D eigenvalue weighted by Gasteiger charge is 2.31. The van der Waals surface area contributed by atoms with Crippen LogP contribution in [0.1, 0.15) is 168 Å². The van der Waals surface area contributed by atoms with E-state index >= 15 is 0 Å². The number of unbranched alkanes of at least 4 members (excludes halogenated alkanes) is 22. The van der Waals surface area contributed by atoms with E-state index < -0.39 is 6.10 Å². The predicted molar refractivity (Wildman–Crippen MR) is 189 cm³/mol. The fraction of sp³-hybridized carbons (Fsp3) is 1.00. The van der Waals surface area contributed by atoms with Crippen LogP contribution in [0.25, 0.3) is 0 Å². The summed E-state index contributed by atoms with van der Waals surface area (Å²) in [5.41, 5.74) is 0. The van der Waals surface area contributed by atoms with Crippen molar-refractivity contribution in [2.24, 2.45) is 0 Å². The van der Waals surface area contributed by atoms with Gasteiger partial charge in [-0.1, -0.05) is 142 Å². The molecule has 0 amide bonds. The largest absolute Gasteiger partial charge is 1.00 e. The molecule has 1 rings (SSSR count). The first-order valence-corrected chi connectivity index (χ1v) is 19.2. The van der Waals surface area contributed by atoms with E-state index in [0.29, 0.717) is 12.6 Å². The molecular weight excluding hydrogens is 603 g/mol. The summed E-state index contributed by atoms with van der Waals surface area (Å²) in [4.78, 5) is 0. The maximum Gasteiger partial charge on any atom is 0.130 e. The summed E-state index contributed by atoms with van der Waals surface area (Å²) in [5.74, 6) is 0. The number of likely N-dealkylation sites (N-methyl/N-ethyl adjacent to an activating group) is 2. The van der Waals surface area contributed by atoms with Crippen LogP contribution in [0.3, 0.4) is 0 Å². The van der Waals surface area contributed by atoms with E-state index in [1.165, 1.54) is 167 Å². The maximum atomic E-state index is 9.54. The van der Waals surface area contributed by atoms with Crippen LogP contribution in [0.5, 0.6) is 0 Å². The van der Waals surface area contributed by atoms with Crippen LogP contribution in [0.2, 0.25) is 0 Å². The highest BCUT2D eigenvalue weighted by Crippen LogP contribution is 2.16. The summed E-state index contributed by atoms with van der Waals surface area (Å²) >= 11 is 0. The zero-order valence-corrected chi connectivity index (χ0v) is 32.8. The summed E-state index contributed by atoms with van der Waals surface area (Å²) in [6.07, 6.45) is 33.7. The van der Waals surface area contributed by atoms with Gasteiger partial charge in [0.1, 0.15) is 25.3 Å². The lowest BCUT2D eigenvalue weighted by molar-refractivity contribution is -0.893. The van der Waals surface area contributed by atoms with Crippen LogP contribution in [0.15, 0.2) is 0 Å². The van der Waals surface area contributed by atoms with Crippen molar-refractivity contribution in [2.45, 2.75) is 180 Å². The third-order valence-electron chi connectivity index (χ3n) is 9.25. The second kappa shape index (κ2) is 34.3. The predicted octanol–water partition coefficient (Wildman–Crippen LogP) is 3.29. The number of aliphatic hydroxyl groups excluding tert-OH is 2. The van der Waals surface area contributed by atoms with Gasteiger partial charge in [-0.25, -0.2) is 0 Å². The molecule has 1 heterocycles. The standard InChI is InChI=1S/C21H46NO2.C17H36NO.2ClH/c1-4-5-6-7-8-9-10-11-12-13-14-15-16-17-18-22(2,3)19-21(24)20-23;1-4-5-6-7-8-9-10-11-12-13-14-18(2,3)15-17-16-19-17;;/h21,23-24H,4-20H2,1-3H3;17H,4-16H2,1-3H3;2*1H/q2*+1;;/p-2. The van der Waals surface area contributed by atoms with E-state index in [2.05, 4.69) is 42.0 Å². The van der Waals surface area contributed by atoms with Crippen LogP contribution in [0.4, 0.5) is 0 Å². The Morgan fingerprint density at radius 3 is 1.11 bits per heavy atom. The monoisotopic (exact) mass is 685 g/mol. The average molecular weight is 686 g/mol. The van der Waals surface area contributed by atoms with Gasteiger partial charge in [-0.2, -0.15) is 0 Å². The van der Waals surface area contributed by atoms with Crippen molar-refractivity contribution in [1.82, 2.24) is 0 Å². The maximum absolute atomic E-state index is 9.54. The average Bonchev–Trinajstić information content (AvgIpc) is 3.77. The van der Waals surface area contributed by atoms with E-state index in [0.717, 1.165) is 22.1 Å². The van der Waals surface area contributed by atoms with Gasteiger partial charge in [-0.3, -0.25) is 0 Å². The van der Waals surface area contributed by atoms with Crippen molar-refractivity contribution in [3.63, 3.8) is 0 Å². The molecular formula is C38H82Cl2N2O3. The van der Waals surface area contributed by atoms with Crippen molar-refractivity contribution in [1.29, 1.82) is 0 Å². The Bertz CT molecular complexity index is 577. The Morgan fingerprint density at radius 2 is 0.822 bits per heavy atom. The van der Waals surface area contributed by atoms with Crippen molar-refractivity contribution in [3.8, 4) is 0 Å². The fourth-order valence-electron chi connectivity index (χ4n) is 6.30. The van der Waals surface area contributed by atoms with Crippen molar-refractivity contribution >= 4 is 0 Å². The molecule has 0 saturated carbocycles. The molecule has 0 spiro atoms. The summed E-state index contributed by atoms with van der Waals surface area (Å²) in [7, 11) is 8.97. The lowest BCUT2D eigenvalue weighted by Crippen LogP contribution is -3.00.